The lowest BCUT2D eigenvalue weighted by atomic mass is 10.2. The van der Waals surface area contributed by atoms with Crippen LogP contribution in [0.3, 0.4) is 0 Å². The lowest BCUT2D eigenvalue weighted by Crippen LogP contribution is -1.90. The van der Waals surface area contributed by atoms with Gasteiger partial charge in [0.25, 0.3) is 0 Å². The minimum Gasteiger partial charge on any atom is -0.394 e. The van der Waals surface area contributed by atoms with Crippen molar-refractivity contribution in [3.63, 3.8) is 0 Å². The van der Waals surface area contributed by atoms with E-state index in [1.54, 1.807) is 0 Å². The fraction of sp³-hybridized carbons (Fsp3) is 0.444. The van der Waals surface area contributed by atoms with Crippen LogP contribution in [0.25, 0.3) is 0 Å². The molecule has 1 aromatic rings. The minimum atomic E-state index is 0.694. The zero-order valence-electron chi connectivity index (χ0n) is 7.50. The lowest BCUT2D eigenvalue weighted by molar-refractivity contribution is 0.381. The highest BCUT2D eigenvalue weighted by Gasteiger charge is 2.07. The molecule has 0 aliphatic carbocycles. The maximum atomic E-state index is 5.70. The molecule has 12 heavy (non-hydrogen) atoms. The molecule has 0 aromatic carbocycles. The second-order valence-electron chi connectivity index (χ2n) is 2.71. The van der Waals surface area contributed by atoms with Crippen molar-refractivity contribution in [2.45, 2.75) is 26.7 Å². The van der Waals surface area contributed by atoms with Crippen molar-refractivity contribution in [2.24, 2.45) is 0 Å². The summed E-state index contributed by atoms with van der Waals surface area (Å²) in [5.74, 6) is 0.797. The maximum absolute atomic E-state index is 5.70. The lowest BCUT2D eigenvalue weighted by Gasteiger charge is -1.92. The van der Waals surface area contributed by atoms with Crippen LogP contribution in [-0.2, 0) is 6.42 Å². The number of aromatic nitrogens is 1. The van der Waals surface area contributed by atoms with Gasteiger partial charge in [-0.25, -0.2) is 0 Å². The number of nitrogens with two attached hydrogens (primary N) is 1. The molecule has 2 N–H and O–H groups in total. The highest BCUT2D eigenvalue weighted by molar-refractivity contribution is 5.45. The normalized spacial score (nSPS) is 11.2. The van der Waals surface area contributed by atoms with E-state index in [9.17, 15) is 0 Å². The first-order valence-corrected chi connectivity index (χ1v) is 4.07. The van der Waals surface area contributed by atoms with Crippen molar-refractivity contribution in [3.8, 4) is 0 Å². The average molecular weight is 166 g/mol. The van der Waals surface area contributed by atoms with Gasteiger partial charge in [0.2, 0.25) is 0 Å². The van der Waals surface area contributed by atoms with Crippen molar-refractivity contribution in [2.75, 3.05) is 5.73 Å². The Labute approximate surface area is 72.2 Å². The number of rotatable bonds is 3. The monoisotopic (exact) mass is 166 g/mol. The molecule has 0 atom stereocenters. The minimum absolute atomic E-state index is 0.694. The summed E-state index contributed by atoms with van der Waals surface area (Å²) >= 11 is 0. The van der Waals surface area contributed by atoms with Crippen molar-refractivity contribution in [3.05, 3.63) is 23.6 Å². The molecule has 0 aliphatic rings. The van der Waals surface area contributed by atoms with Gasteiger partial charge in [-0.2, -0.15) is 0 Å². The van der Waals surface area contributed by atoms with E-state index in [1.165, 1.54) is 0 Å². The Balaban J connectivity index is 2.57. The summed E-state index contributed by atoms with van der Waals surface area (Å²) in [6.07, 6.45) is 5.88. The van der Waals surface area contributed by atoms with Gasteiger partial charge in [-0.3, -0.25) is 0 Å². The second-order valence-corrected chi connectivity index (χ2v) is 2.71. The number of hydrogen-bond donors (Lipinski definition) is 1. The van der Waals surface area contributed by atoms with Gasteiger partial charge in [-0.1, -0.05) is 17.3 Å². The standard InChI is InChI=1S/C9H14N2O/c1-3-4-5-6-8-9(10)7(2)11-12-8/h3-4H,5-6,10H2,1-2H3/b4-3-. The predicted molar refractivity (Wildman–Crippen MR) is 48.8 cm³/mol. The predicted octanol–water partition coefficient (Wildman–Crippen LogP) is 2.07. The van der Waals surface area contributed by atoms with E-state index < -0.39 is 0 Å². The van der Waals surface area contributed by atoms with Crippen molar-refractivity contribution >= 4 is 5.69 Å². The molecule has 0 saturated carbocycles. The highest BCUT2D eigenvalue weighted by atomic mass is 16.5. The maximum Gasteiger partial charge on any atom is 0.160 e. The molecule has 0 unspecified atom stereocenters. The average Bonchev–Trinajstić information content (AvgIpc) is 2.36. The van der Waals surface area contributed by atoms with Gasteiger partial charge in [0.05, 0.1) is 5.69 Å². The van der Waals surface area contributed by atoms with E-state index in [-0.39, 0.29) is 0 Å². The summed E-state index contributed by atoms with van der Waals surface area (Å²) < 4.78 is 5.03. The first-order chi connectivity index (χ1) is 5.75. The van der Waals surface area contributed by atoms with Crippen LogP contribution in [0.5, 0.6) is 0 Å². The Hall–Kier alpha value is -1.25. The van der Waals surface area contributed by atoms with E-state index in [4.69, 9.17) is 10.3 Å². The Morgan fingerprint density at radius 1 is 1.58 bits per heavy atom. The summed E-state index contributed by atoms with van der Waals surface area (Å²) in [5, 5.41) is 3.77. The molecule has 3 heteroatoms. The summed E-state index contributed by atoms with van der Waals surface area (Å²) in [7, 11) is 0. The fourth-order valence-corrected chi connectivity index (χ4v) is 0.985. The van der Waals surface area contributed by atoms with Gasteiger partial charge in [0, 0.05) is 6.42 Å². The first-order valence-electron chi connectivity index (χ1n) is 4.07. The van der Waals surface area contributed by atoms with Crippen LogP contribution in [-0.4, -0.2) is 5.16 Å². The third kappa shape index (κ3) is 1.87. The van der Waals surface area contributed by atoms with E-state index in [0.29, 0.717) is 5.69 Å². The molecule has 0 fully saturated rings. The third-order valence-electron chi connectivity index (χ3n) is 1.76. The van der Waals surface area contributed by atoms with Gasteiger partial charge in [-0.05, 0) is 20.3 Å². The zero-order valence-corrected chi connectivity index (χ0v) is 7.50. The number of anilines is 1. The fourth-order valence-electron chi connectivity index (χ4n) is 0.985. The van der Waals surface area contributed by atoms with Crippen LogP contribution in [0, 0.1) is 6.92 Å². The molecule has 1 rings (SSSR count). The quantitative estimate of drug-likeness (QED) is 0.699. The molecule has 3 nitrogen and oxygen atoms in total. The summed E-state index contributed by atoms with van der Waals surface area (Å²) in [4.78, 5) is 0. The Morgan fingerprint density at radius 3 is 2.83 bits per heavy atom. The summed E-state index contributed by atoms with van der Waals surface area (Å²) in [6.45, 7) is 3.84. The number of allylic oxidation sites excluding steroid dienone is 2. The molecule has 1 heterocycles. The molecule has 0 radical (unpaired) electrons. The summed E-state index contributed by atoms with van der Waals surface area (Å²) in [6, 6.07) is 0. The first kappa shape index (κ1) is 8.84. The van der Waals surface area contributed by atoms with Crippen LogP contribution >= 0.6 is 0 Å². The Morgan fingerprint density at radius 2 is 2.33 bits per heavy atom. The molecule has 0 aliphatic heterocycles. The molecule has 66 valence electrons. The number of aryl methyl sites for hydroxylation is 2. The van der Waals surface area contributed by atoms with E-state index in [1.807, 2.05) is 19.9 Å². The zero-order chi connectivity index (χ0) is 8.97. The van der Waals surface area contributed by atoms with Crippen LogP contribution in [0.4, 0.5) is 5.69 Å². The molecule has 0 saturated heterocycles. The third-order valence-corrected chi connectivity index (χ3v) is 1.76. The van der Waals surface area contributed by atoms with Crippen LogP contribution in [0.2, 0.25) is 0 Å². The van der Waals surface area contributed by atoms with Gasteiger partial charge in [-0.15, -0.1) is 0 Å². The highest BCUT2D eigenvalue weighted by Crippen LogP contribution is 2.17. The van der Waals surface area contributed by atoms with Crippen molar-refractivity contribution < 1.29 is 4.52 Å². The van der Waals surface area contributed by atoms with Gasteiger partial charge in [0.1, 0.15) is 5.69 Å². The van der Waals surface area contributed by atoms with Gasteiger partial charge in [0.15, 0.2) is 5.76 Å². The van der Waals surface area contributed by atoms with E-state index in [0.717, 1.165) is 24.3 Å². The van der Waals surface area contributed by atoms with E-state index >= 15 is 0 Å². The topological polar surface area (TPSA) is 52.0 Å². The second kappa shape index (κ2) is 3.95. The summed E-state index contributed by atoms with van der Waals surface area (Å²) in [5.41, 5.74) is 7.18. The number of hydrogen-bond acceptors (Lipinski definition) is 3. The molecular formula is C9H14N2O. The van der Waals surface area contributed by atoms with Crippen molar-refractivity contribution in [1.82, 2.24) is 5.16 Å². The molecular weight excluding hydrogens is 152 g/mol. The van der Waals surface area contributed by atoms with Crippen molar-refractivity contribution in [1.29, 1.82) is 0 Å². The molecule has 0 spiro atoms. The Bertz CT molecular complexity index is 276. The number of nitrogen functional groups attached to an aromatic ring is 1. The van der Waals surface area contributed by atoms with Crippen LogP contribution in [0.1, 0.15) is 24.8 Å². The smallest absolute Gasteiger partial charge is 0.160 e. The molecule has 0 bridgehead atoms. The molecule has 1 aromatic heterocycles. The van der Waals surface area contributed by atoms with Gasteiger partial charge < -0.3 is 10.3 Å². The number of nitrogens with zero attached hydrogens (tertiary/aromatic N) is 1. The molecule has 0 amide bonds. The SMILES string of the molecule is C/C=C\CCc1onc(C)c1N. The van der Waals surface area contributed by atoms with Crippen LogP contribution in [0.15, 0.2) is 16.7 Å². The Kier molecular flexibility index (Phi) is 2.91. The largest absolute Gasteiger partial charge is 0.394 e. The van der Waals surface area contributed by atoms with Crippen LogP contribution < -0.4 is 5.73 Å². The van der Waals surface area contributed by atoms with E-state index in [2.05, 4.69) is 11.2 Å². The van der Waals surface area contributed by atoms with Gasteiger partial charge >= 0.3 is 0 Å².